The van der Waals surface area contributed by atoms with Gasteiger partial charge in [0.05, 0.1) is 12.8 Å². The monoisotopic (exact) mass is 470 g/mol. The molecule has 0 aromatic carbocycles. The van der Waals surface area contributed by atoms with Crippen LogP contribution in [0, 0.1) is 27.8 Å². The number of ketones is 4. The Morgan fingerprint density at radius 1 is 0.647 bits per heavy atom. The van der Waals surface area contributed by atoms with Crippen LogP contribution in [0.25, 0.3) is 0 Å². The molecule has 0 N–H and O–H groups in total. The Bertz CT molecular complexity index is 265. The minimum atomic E-state index is -2.51. The summed E-state index contributed by atoms with van der Waals surface area (Å²) < 4.78 is 17.2. The second-order valence-corrected chi connectivity index (χ2v) is 3.94. The Morgan fingerprint density at radius 2 is 0.765 bits per heavy atom. The van der Waals surface area contributed by atoms with Crippen molar-refractivity contribution in [3.05, 3.63) is 0 Å². The Labute approximate surface area is 115 Å². The Hall–Kier alpha value is -0.668. The molecule has 0 spiro atoms. The van der Waals surface area contributed by atoms with Crippen LogP contribution in [-0.2, 0) is 23.6 Å². The van der Waals surface area contributed by atoms with E-state index in [1.54, 1.807) is 0 Å². The minimum absolute atomic E-state index is 0.0625. The summed E-state index contributed by atoms with van der Waals surface area (Å²) in [6.07, 6.45) is 0.167. The second kappa shape index (κ2) is 15.3. The van der Waals surface area contributed by atoms with Gasteiger partial charge in [0.25, 0.3) is 0 Å². The van der Waals surface area contributed by atoms with Crippen molar-refractivity contribution in [3.63, 3.8) is 0 Å². The van der Waals surface area contributed by atoms with Crippen LogP contribution in [0.15, 0.2) is 0 Å². The van der Waals surface area contributed by atoms with Crippen molar-refractivity contribution < 1.29 is 51.5 Å². The van der Waals surface area contributed by atoms with Crippen LogP contribution in [0.3, 0.4) is 0 Å². The molecule has 0 fully saturated rings. The van der Waals surface area contributed by atoms with Gasteiger partial charge >= 0.3 is 32.3 Å². The van der Waals surface area contributed by atoms with Crippen LogP contribution in [0.4, 0.5) is 0 Å². The zero-order chi connectivity index (χ0) is 14.4. The van der Waals surface area contributed by atoms with Crippen LogP contribution < -0.4 is 0 Å². The van der Waals surface area contributed by atoms with Crippen molar-refractivity contribution in [3.8, 4) is 0 Å². The zero-order valence-electron chi connectivity index (χ0n) is 10.4. The molecule has 7 heteroatoms. The summed E-state index contributed by atoms with van der Waals surface area (Å²) in [7, 11) is 0. The molecule has 6 nitrogen and oxygen atoms in total. The fraction of sp³-hybridized carbons (Fsp3) is 0.600. The first-order valence-corrected chi connectivity index (χ1v) is 8.04. The van der Waals surface area contributed by atoms with Crippen LogP contribution in [0.5, 0.6) is 0 Å². The number of hydrogen-bond donors (Lipinski definition) is 0. The Morgan fingerprint density at radius 3 is 0.765 bits per heavy atom. The van der Waals surface area contributed by atoms with Gasteiger partial charge in [-0.05, 0) is 27.7 Å². The molecule has 0 radical (unpaired) electrons. The molecule has 0 rings (SSSR count). The topological polar surface area (TPSA) is 102 Å². The average Bonchev–Trinajstić information content (AvgIpc) is 1.99. The second-order valence-electron chi connectivity index (χ2n) is 3.24. The number of carbonyl (C=O) groups is 4. The van der Waals surface area contributed by atoms with Crippen molar-refractivity contribution >= 4 is 23.1 Å². The van der Waals surface area contributed by atoms with Crippen LogP contribution in [0.1, 0.15) is 40.5 Å². The van der Waals surface area contributed by atoms with Gasteiger partial charge in [0.2, 0.25) is 0 Å². The average molecular weight is 470 g/mol. The first-order chi connectivity index (χ1) is 7.67. The first-order valence-electron chi connectivity index (χ1n) is 4.64. The quantitative estimate of drug-likeness (QED) is 0.566. The van der Waals surface area contributed by atoms with Crippen molar-refractivity contribution in [1.82, 2.24) is 0 Å². The molecule has 0 saturated carbocycles. The summed E-state index contributed by atoms with van der Waals surface area (Å²) in [5.74, 6) is -0.250. The molecule has 0 aromatic heterocycles. The molecule has 0 aromatic rings. The SMILES string of the molecule is CC(=O)CC(C)=O.CC(=O)CC(C)=O.[O]=[U]=[O]. The predicted molar refractivity (Wildman–Crippen MR) is 53.3 cm³/mol. The number of rotatable bonds is 4. The third-order valence-electron chi connectivity index (χ3n) is 0.996. The van der Waals surface area contributed by atoms with Gasteiger partial charge in [0, 0.05) is 0 Å². The van der Waals surface area contributed by atoms with E-state index in [1.807, 2.05) is 0 Å². The van der Waals surface area contributed by atoms with Crippen LogP contribution in [-0.4, -0.2) is 23.1 Å². The summed E-state index contributed by atoms with van der Waals surface area (Å²) in [4.78, 5) is 40.1. The van der Waals surface area contributed by atoms with E-state index in [2.05, 4.69) is 0 Å². The van der Waals surface area contributed by atoms with Gasteiger partial charge in [-0.25, -0.2) is 0 Å². The molecule has 0 amide bonds. The fourth-order valence-corrected chi connectivity index (χ4v) is 0.701. The summed E-state index contributed by atoms with van der Waals surface area (Å²) in [5, 5.41) is 0. The Balaban J connectivity index is -0.000000188. The van der Waals surface area contributed by atoms with Crippen molar-refractivity contribution in [2.45, 2.75) is 40.5 Å². The zero-order valence-corrected chi connectivity index (χ0v) is 14.5. The number of Topliss-reactive ketones (excluding diaryl/α,β-unsaturated/α-hetero) is 4. The number of carbonyl (C=O) groups excluding carboxylic acids is 4. The first kappa shape index (κ1) is 21.6. The molecule has 0 aliphatic rings. The van der Waals surface area contributed by atoms with E-state index >= 15 is 0 Å². The molecule has 0 aliphatic carbocycles. The molecule has 0 atom stereocenters. The molecule has 0 saturated heterocycles. The predicted octanol–water partition coefficient (Wildman–Crippen LogP) is 0.871. The molecular weight excluding hydrogens is 454 g/mol. The van der Waals surface area contributed by atoms with Gasteiger partial charge in [-0.2, -0.15) is 0 Å². The van der Waals surface area contributed by atoms with Crippen molar-refractivity contribution in [2.24, 2.45) is 0 Å². The van der Waals surface area contributed by atoms with E-state index in [1.165, 1.54) is 27.7 Å². The van der Waals surface area contributed by atoms with E-state index in [0.29, 0.717) is 0 Å². The maximum absolute atomic E-state index is 10.0. The molecule has 96 valence electrons. The van der Waals surface area contributed by atoms with Crippen molar-refractivity contribution in [1.29, 1.82) is 0 Å². The standard InChI is InChI=1S/2C5H8O2.2O.U/c2*1-4(6)3-5(2)7;;;/h2*3H2,1-2H3;;;. The maximum atomic E-state index is 10.0. The molecular formula is C10H16O6U. The van der Waals surface area contributed by atoms with Gasteiger partial charge in [-0.3, -0.25) is 19.2 Å². The van der Waals surface area contributed by atoms with E-state index in [4.69, 9.17) is 4.47 Å². The molecule has 0 aliphatic heterocycles. The van der Waals surface area contributed by atoms with Gasteiger partial charge in [0.15, 0.2) is 0 Å². The van der Waals surface area contributed by atoms with E-state index in [-0.39, 0.29) is 36.0 Å². The number of hydrogen-bond acceptors (Lipinski definition) is 6. The summed E-state index contributed by atoms with van der Waals surface area (Å²) in [6, 6.07) is 0. The third kappa shape index (κ3) is 50.7. The molecule has 0 heterocycles. The fourth-order valence-electron chi connectivity index (χ4n) is 0.701. The summed E-state index contributed by atoms with van der Waals surface area (Å²) in [6.45, 7) is 5.62. The third-order valence-corrected chi connectivity index (χ3v) is 0.996. The summed E-state index contributed by atoms with van der Waals surface area (Å²) in [5.41, 5.74) is 0. The van der Waals surface area contributed by atoms with E-state index in [0.717, 1.165) is 0 Å². The van der Waals surface area contributed by atoms with Gasteiger partial charge < -0.3 is 0 Å². The summed E-state index contributed by atoms with van der Waals surface area (Å²) >= 11 is -2.51. The molecule has 17 heavy (non-hydrogen) atoms. The van der Waals surface area contributed by atoms with E-state index < -0.39 is 27.8 Å². The molecule has 0 unspecified atom stereocenters. The van der Waals surface area contributed by atoms with Gasteiger partial charge in [-0.15, -0.1) is 0 Å². The van der Waals surface area contributed by atoms with Crippen molar-refractivity contribution in [2.75, 3.05) is 0 Å². The Kier molecular flexibility index (Phi) is 19.5. The normalized spacial score (nSPS) is 7.29. The van der Waals surface area contributed by atoms with E-state index in [9.17, 15) is 19.2 Å². The van der Waals surface area contributed by atoms with Crippen LogP contribution >= 0.6 is 0 Å². The van der Waals surface area contributed by atoms with Crippen LogP contribution in [0.2, 0.25) is 0 Å². The van der Waals surface area contributed by atoms with Gasteiger partial charge in [-0.1, -0.05) is 0 Å². The van der Waals surface area contributed by atoms with Gasteiger partial charge in [0.1, 0.15) is 23.1 Å². The molecule has 0 bridgehead atoms.